The number of methoxy groups -OCH3 is 1. The van der Waals surface area contributed by atoms with Gasteiger partial charge < -0.3 is 21.1 Å². The lowest BCUT2D eigenvalue weighted by Gasteiger charge is -2.20. The van der Waals surface area contributed by atoms with Crippen molar-refractivity contribution in [2.45, 2.75) is 38.8 Å². The summed E-state index contributed by atoms with van der Waals surface area (Å²) in [4.78, 5) is 23.0. The predicted octanol–water partition coefficient (Wildman–Crippen LogP) is -0.619. The van der Waals surface area contributed by atoms with Crippen molar-refractivity contribution >= 4 is 11.8 Å². The molecular formula is C11H23N3O3. The van der Waals surface area contributed by atoms with Crippen LogP contribution in [0.4, 0.5) is 0 Å². The molecule has 0 rings (SSSR count). The van der Waals surface area contributed by atoms with Gasteiger partial charge in [-0.2, -0.15) is 0 Å². The van der Waals surface area contributed by atoms with E-state index >= 15 is 0 Å². The molecule has 2 amide bonds. The van der Waals surface area contributed by atoms with Crippen molar-refractivity contribution in [2.24, 2.45) is 5.73 Å². The van der Waals surface area contributed by atoms with Gasteiger partial charge >= 0.3 is 0 Å². The molecule has 1 atom stereocenters. The van der Waals surface area contributed by atoms with Gasteiger partial charge in [0.2, 0.25) is 11.8 Å². The highest BCUT2D eigenvalue weighted by Gasteiger charge is 2.20. The Labute approximate surface area is 102 Å². The van der Waals surface area contributed by atoms with Gasteiger partial charge in [0.05, 0.1) is 6.61 Å². The number of carbonyl (C=O) groups excluding carboxylic acids is 2. The average Bonchev–Trinajstić information content (AvgIpc) is 2.14. The minimum atomic E-state index is -0.573. The Balaban J connectivity index is 3.95. The molecule has 4 N–H and O–H groups in total. The van der Waals surface area contributed by atoms with Crippen molar-refractivity contribution in [1.82, 2.24) is 10.6 Å². The molecular weight excluding hydrogens is 222 g/mol. The van der Waals surface area contributed by atoms with Crippen LogP contribution in [0.15, 0.2) is 0 Å². The number of rotatable bonds is 7. The van der Waals surface area contributed by atoms with Gasteiger partial charge in [-0.1, -0.05) is 0 Å². The van der Waals surface area contributed by atoms with E-state index < -0.39 is 11.6 Å². The highest BCUT2D eigenvalue weighted by Crippen LogP contribution is 2.02. The topological polar surface area (TPSA) is 93.5 Å². The maximum absolute atomic E-state index is 11.5. The molecule has 0 aliphatic carbocycles. The highest BCUT2D eigenvalue weighted by molar-refractivity contribution is 5.87. The number of amides is 2. The summed E-state index contributed by atoms with van der Waals surface area (Å²) in [6.07, 6.45) is 0.183. The van der Waals surface area contributed by atoms with Crippen LogP contribution in [0.2, 0.25) is 0 Å². The van der Waals surface area contributed by atoms with Crippen LogP contribution < -0.4 is 16.4 Å². The van der Waals surface area contributed by atoms with Crippen molar-refractivity contribution in [3.8, 4) is 0 Å². The first-order chi connectivity index (χ1) is 7.76. The average molecular weight is 245 g/mol. The molecule has 0 aromatic rings. The van der Waals surface area contributed by atoms with Gasteiger partial charge in [0, 0.05) is 25.6 Å². The van der Waals surface area contributed by atoms with Gasteiger partial charge in [-0.25, -0.2) is 0 Å². The molecule has 6 heteroatoms. The molecule has 0 saturated heterocycles. The summed E-state index contributed by atoms with van der Waals surface area (Å²) in [6, 6.07) is -0.568. The normalized spacial score (nSPS) is 13.0. The van der Waals surface area contributed by atoms with Crippen LogP contribution in [0.1, 0.15) is 27.2 Å². The van der Waals surface area contributed by atoms with E-state index in [-0.39, 0.29) is 18.2 Å². The SMILES string of the molecule is COCCNC(=O)C(C)NC(=O)CC(C)(C)N. The molecule has 0 fully saturated rings. The molecule has 100 valence electrons. The monoisotopic (exact) mass is 245 g/mol. The molecule has 0 aromatic heterocycles. The van der Waals surface area contributed by atoms with Crippen LogP contribution in [-0.4, -0.2) is 43.7 Å². The maximum Gasteiger partial charge on any atom is 0.242 e. The second-order valence-electron chi connectivity index (χ2n) is 4.74. The molecule has 0 aliphatic heterocycles. The first-order valence-electron chi connectivity index (χ1n) is 5.61. The zero-order chi connectivity index (χ0) is 13.5. The lowest BCUT2D eigenvalue weighted by Crippen LogP contribution is -2.48. The Morgan fingerprint density at radius 1 is 1.41 bits per heavy atom. The fourth-order valence-corrected chi connectivity index (χ4v) is 1.20. The Hall–Kier alpha value is -1.14. The van der Waals surface area contributed by atoms with Crippen LogP contribution in [0.3, 0.4) is 0 Å². The molecule has 0 aromatic carbocycles. The minimum absolute atomic E-state index is 0.183. The maximum atomic E-state index is 11.5. The fourth-order valence-electron chi connectivity index (χ4n) is 1.20. The minimum Gasteiger partial charge on any atom is -0.383 e. The van der Waals surface area contributed by atoms with Crippen LogP contribution in [-0.2, 0) is 14.3 Å². The third-order valence-electron chi connectivity index (χ3n) is 1.99. The number of nitrogens with one attached hydrogen (secondary N) is 2. The van der Waals surface area contributed by atoms with E-state index in [9.17, 15) is 9.59 Å². The summed E-state index contributed by atoms with van der Waals surface area (Å²) in [6.45, 7) is 6.02. The van der Waals surface area contributed by atoms with E-state index in [0.29, 0.717) is 13.2 Å². The summed E-state index contributed by atoms with van der Waals surface area (Å²) < 4.78 is 4.80. The quantitative estimate of drug-likeness (QED) is 0.521. The van der Waals surface area contributed by atoms with Crippen molar-refractivity contribution in [3.63, 3.8) is 0 Å². The number of hydrogen-bond donors (Lipinski definition) is 3. The van der Waals surface area contributed by atoms with Gasteiger partial charge in [0.15, 0.2) is 0 Å². The molecule has 0 bridgehead atoms. The summed E-state index contributed by atoms with van der Waals surface area (Å²) >= 11 is 0. The number of nitrogens with two attached hydrogens (primary N) is 1. The number of hydrogen-bond acceptors (Lipinski definition) is 4. The predicted molar refractivity (Wildman–Crippen MR) is 65.4 cm³/mol. The second kappa shape index (κ2) is 7.24. The highest BCUT2D eigenvalue weighted by atomic mass is 16.5. The lowest BCUT2D eigenvalue weighted by molar-refractivity contribution is -0.129. The van der Waals surface area contributed by atoms with Gasteiger partial charge in [-0.05, 0) is 20.8 Å². The standard InChI is InChI=1S/C11H23N3O3/c1-8(10(16)13-5-6-17-4)14-9(15)7-11(2,3)12/h8H,5-7,12H2,1-4H3,(H,13,16)(H,14,15). The summed E-state index contributed by atoms with van der Waals surface area (Å²) in [5.41, 5.74) is 5.14. The molecule has 1 unspecified atom stereocenters. The van der Waals surface area contributed by atoms with E-state index in [0.717, 1.165) is 0 Å². The lowest BCUT2D eigenvalue weighted by atomic mass is 10.0. The fraction of sp³-hybridized carbons (Fsp3) is 0.818. The van der Waals surface area contributed by atoms with Crippen molar-refractivity contribution in [2.75, 3.05) is 20.3 Å². The van der Waals surface area contributed by atoms with E-state index in [2.05, 4.69) is 10.6 Å². The van der Waals surface area contributed by atoms with Crippen LogP contribution in [0.5, 0.6) is 0 Å². The Morgan fingerprint density at radius 3 is 2.47 bits per heavy atom. The smallest absolute Gasteiger partial charge is 0.242 e. The van der Waals surface area contributed by atoms with Crippen LogP contribution in [0.25, 0.3) is 0 Å². The van der Waals surface area contributed by atoms with Crippen LogP contribution >= 0.6 is 0 Å². The molecule has 6 nitrogen and oxygen atoms in total. The molecule has 0 heterocycles. The van der Waals surface area contributed by atoms with E-state index in [4.69, 9.17) is 10.5 Å². The van der Waals surface area contributed by atoms with Gasteiger partial charge in [-0.15, -0.1) is 0 Å². The Kier molecular flexibility index (Phi) is 6.75. The second-order valence-corrected chi connectivity index (χ2v) is 4.74. The third kappa shape index (κ3) is 8.65. The van der Waals surface area contributed by atoms with E-state index in [1.54, 1.807) is 27.9 Å². The van der Waals surface area contributed by atoms with Gasteiger partial charge in [0.1, 0.15) is 6.04 Å². The Bertz CT molecular complexity index is 261. The van der Waals surface area contributed by atoms with Gasteiger partial charge in [0.25, 0.3) is 0 Å². The van der Waals surface area contributed by atoms with E-state index in [1.807, 2.05) is 0 Å². The summed E-state index contributed by atoms with van der Waals surface area (Å²) in [5.74, 6) is -0.461. The third-order valence-corrected chi connectivity index (χ3v) is 1.99. The van der Waals surface area contributed by atoms with Crippen molar-refractivity contribution < 1.29 is 14.3 Å². The molecule has 0 aliphatic rings. The summed E-state index contributed by atoms with van der Waals surface area (Å²) in [5, 5.41) is 5.23. The van der Waals surface area contributed by atoms with Crippen molar-refractivity contribution in [1.29, 1.82) is 0 Å². The molecule has 0 saturated carbocycles. The zero-order valence-electron chi connectivity index (χ0n) is 11.0. The number of carbonyl (C=O) groups is 2. The Morgan fingerprint density at radius 2 is 2.00 bits per heavy atom. The first-order valence-corrected chi connectivity index (χ1v) is 5.61. The molecule has 0 spiro atoms. The number of ether oxygens (including phenoxy) is 1. The molecule has 17 heavy (non-hydrogen) atoms. The largest absolute Gasteiger partial charge is 0.383 e. The molecule has 0 radical (unpaired) electrons. The summed E-state index contributed by atoms with van der Waals surface area (Å²) in [7, 11) is 1.56. The van der Waals surface area contributed by atoms with Crippen LogP contribution in [0, 0.1) is 0 Å². The zero-order valence-corrected chi connectivity index (χ0v) is 11.0. The van der Waals surface area contributed by atoms with Gasteiger partial charge in [-0.3, -0.25) is 9.59 Å². The van der Waals surface area contributed by atoms with E-state index in [1.165, 1.54) is 0 Å². The first kappa shape index (κ1) is 15.9. The van der Waals surface area contributed by atoms with Crippen molar-refractivity contribution in [3.05, 3.63) is 0 Å².